The standard InChI is InChI=1S/C17H20N2O/c1-12(16-10-18-11-16)17(20)19-9-13-6-7-14-4-2-3-5-15(14)8-13/h2-8,12,16,18H,9-11H2,1H3,(H,19,20). The first-order valence-electron chi connectivity index (χ1n) is 7.20. The van der Waals surface area contributed by atoms with Gasteiger partial charge in [0.25, 0.3) is 0 Å². The number of amides is 1. The van der Waals surface area contributed by atoms with Crippen LogP contribution in [0, 0.1) is 11.8 Å². The maximum absolute atomic E-state index is 12.1. The van der Waals surface area contributed by atoms with Crippen LogP contribution in [0.5, 0.6) is 0 Å². The Labute approximate surface area is 119 Å². The highest BCUT2D eigenvalue weighted by molar-refractivity contribution is 5.83. The topological polar surface area (TPSA) is 41.1 Å². The van der Waals surface area contributed by atoms with Crippen LogP contribution in [0.25, 0.3) is 10.8 Å². The Morgan fingerprint density at radius 2 is 2.00 bits per heavy atom. The van der Waals surface area contributed by atoms with Gasteiger partial charge in [0.15, 0.2) is 0 Å². The van der Waals surface area contributed by atoms with E-state index in [1.165, 1.54) is 10.8 Å². The summed E-state index contributed by atoms with van der Waals surface area (Å²) in [6.45, 7) is 4.55. The average molecular weight is 268 g/mol. The van der Waals surface area contributed by atoms with E-state index in [9.17, 15) is 4.79 Å². The molecular weight excluding hydrogens is 248 g/mol. The SMILES string of the molecule is CC(C(=O)NCc1ccc2ccccc2c1)C1CNC1. The molecule has 0 radical (unpaired) electrons. The van der Waals surface area contributed by atoms with Crippen molar-refractivity contribution < 1.29 is 4.79 Å². The summed E-state index contributed by atoms with van der Waals surface area (Å²) in [7, 11) is 0. The van der Waals surface area contributed by atoms with Crippen molar-refractivity contribution >= 4 is 16.7 Å². The van der Waals surface area contributed by atoms with E-state index in [-0.39, 0.29) is 11.8 Å². The van der Waals surface area contributed by atoms with Gasteiger partial charge in [0, 0.05) is 12.5 Å². The summed E-state index contributed by atoms with van der Waals surface area (Å²) in [6.07, 6.45) is 0. The van der Waals surface area contributed by atoms with E-state index in [1.54, 1.807) is 0 Å². The molecule has 2 aromatic carbocycles. The number of rotatable bonds is 4. The number of carbonyl (C=O) groups excluding carboxylic acids is 1. The summed E-state index contributed by atoms with van der Waals surface area (Å²) in [4.78, 5) is 12.1. The fourth-order valence-electron chi connectivity index (χ4n) is 2.58. The predicted molar refractivity (Wildman–Crippen MR) is 81.3 cm³/mol. The van der Waals surface area contributed by atoms with E-state index < -0.39 is 0 Å². The third-order valence-corrected chi connectivity index (χ3v) is 4.21. The molecule has 1 heterocycles. The second kappa shape index (κ2) is 5.63. The van der Waals surface area contributed by atoms with Gasteiger partial charge in [0.05, 0.1) is 0 Å². The Morgan fingerprint density at radius 1 is 1.25 bits per heavy atom. The lowest BCUT2D eigenvalue weighted by Gasteiger charge is -2.31. The second-order valence-electron chi connectivity index (χ2n) is 5.61. The monoisotopic (exact) mass is 268 g/mol. The first-order valence-corrected chi connectivity index (χ1v) is 7.20. The lowest BCUT2D eigenvalue weighted by atomic mass is 9.88. The van der Waals surface area contributed by atoms with E-state index >= 15 is 0 Å². The Hall–Kier alpha value is -1.87. The van der Waals surface area contributed by atoms with Crippen LogP contribution in [0.1, 0.15) is 12.5 Å². The van der Waals surface area contributed by atoms with Gasteiger partial charge in [-0.1, -0.05) is 43.3 Å². The van der Waals surface area contributed by atoms with Gasteiger partial charge in [0.1, 0.15) is 0 Å². The fourth-order valence-corrected chi connectivity index (χ4v) is 2.58. The van der Waals surface area contributed by atoms with Gasteiger partial charge in [-0.2, -0.15) is 0 Å². The number of nitrogens with one attached hydrogen (secondary N) is 2. The maximum Gasteiger partial charge on any atom is 0.223 e. The number of fused-ring (bicyclic) bond motifs is 1. The van der Waals surface area contributed by atoms with Crippen molar-refractivity contribution in [3.8, 4) is 0 Å². The van der Waals surface area contributed by atoms with Crippen molar-refractivity contribution in [2.75, 3.05) is 13.1 Å². The number of hydrogen-bond acceptors (Lipinski definition) is 2. The first kappa shape index (κ1) is 13.1. The molecule has 3 nitrogen and oxygen atoms in total. The van der Waals surface area contributed by atoms with Crippen molar-refractivity contribution in [1.29, 1.82) is 0 Å². The molecule has 0 aromatic heterocycles. The molecule has 1 saturated heterocycles. The average Bonchev–Trinajstić information content (AvgIpc) is 2.42. The molecule has 1 amide bonds. The molecule has 0 bridgehead atoms. The van der Waals surface area contributed by atoms with Gasteiger partial charge >= 0.3 is 0 Å². The molecule has 1 unspecified atom stereocenters. The Kier molecular flexibility index (Phi) is 3.70. The van der Waals surface area contributed by atoms with Crippen molar-refractivity contribution in [3.05, 3.63) is 48.0 Å². The molecule has 2 N–H and O–H groups in total. The maximum atomic E-state index is 12.1. The predicted octanol–water partition coefficient (Wildman–Crippen LogP) is 2.31. The quantitative estimate of drug-likeness (QED) is 0.893. The summed E-state index contributed by atoms with van der Waals surface area (Å²) in [5.74, 6) is 0.743. The fraction of sp³-hybridized carbons (Fsp3) is 0.353. The molecular formula is C17H20N2O. The van der Waals surface area contributed by atoms with E-state index in [0.29, 0.717) is 12.5 Å². The van der Waals surface area contributed by atoms with Crippen LogP contribution < -0.4 is 10.6 Å². The Bertz CT molecular complexity index is 619. The second-order valence-corrected chi connectivity index (χ2v) is 5.61. The molecule has 1 aliphatic rings. The largest absolute Gasteiger partial charge is 0.352 e. The van der Waals surface area contributed by atoms with Gasteiger partial charge in [-0.05, 0) is 41.4 Å². The van der Waals surface area contributed by atoms with E-state index in [2.05, 4.69) is 41.0 Å². The molecule has 1 aliphatic heterocycles. The summed E-state index contributed by atoms with van der Waals surface area (Å²) < 4.78 is 0. The zero-order chi connectivity index (χ0) is 13.9. The van der Waals surface area contributed by atoms with Gasteiger partial charge in [-0.25, -0.2) is 0 Å². The first-order chi connectivity index (χ1) is 9.74. The summed E-state index contributed by atoms with van der Waals surface area (Å²) >= 11 is 0. The smallest absolute Gasteiger partial charge is 0.223 e. The number of hydrogen-bond donors (Lipinski definition) is 2. The number of benzene rings is 2. The molecule has 1 fully saturated rings. The minimum absolute atomic E-state index is 0.0942. The summed E-state index contributed by atoms with van der Waals surface area (Å²) in [6, 6.07) is 14.6. The van der Waals surface area contributed by atoms with E-state index in [0.717, 1.165) is 18.7 Å². The van der Waals surface area contributed by atoms with Gasteiger partial charge in [-0.15, -0.1) is 0 Å². The zero-order valence-corrected chi connectivity index (χ0v) is 11.7. The Morgan fingerprint density at radius 3 is 2.70 bits per heavy atom. The van der Waals surface area contributed by atoms with E-state index in [4.69, 9.17) is 0 Å². The van der Waals surface area contributed by atoms with Gasteiger partial charge in [-0.3, -0.25) is 4.79 Å². The molecule has 104 valence electrons. The lowest BCUT2D eigenvalue weighted by Crippen LogP contribution is -2.49. The molecule has 0 aliphatic carbocycles. The highest BCUT2D eigenvalue weighted by Gasteiger charge is 2.28. The third kappa shape index (κ3) is 2.68. The van der Waals surface area contributed by atoms with E-state index in [1.807, 2.05) is 19.1 Å². The summed E-state index contributed by atoms with van der Waals surface area (Å²) in [5, 5.41) is 8.71. The summed E-state index contributed by atoms with van der Waals surface area (Å²) in [5.41, 5.74) is 1.15. The van der Waals surface area contributed by atoms with Gasteiger partial charge in [0.2, 0.25) is 5.91 Å². The minimum atomic E-state index is 0.0942. The van der Waals surface area contributed by atoms with Crippen LogP contribution in [-0.4, -0.2) is 19.0 Å². The van der Waals surface area contributed by atoms with Crippen LogP contribution in [-0.2, 0) is 11.3 Å². The molecule has 1 atom stereocenters. The number of carbonyl (C=O) groups is 1. The van der Waals surface area contributed by atoms with Crippen molar-refractivity contribution in [1.82, 2.24) is 10.6 Å². The normalized spacial score (nSPS) is 16.6. The molecule has 0 spiro atoms. The lowest BCUT2D eigenvalue weighted by molar-refractivity contribution is -0.126. The van der Waals surface area contributed by atoms with Crippen LogP contribution >= 0.6 is 0 Å². The zero-order valence-electron chi connectivity index (χ0n) is 11.7. The highest BCUT2D eigenvalue weighted by atomic mass is 16.1. The van der Waals surface area contributed by atoms with Crippen LogP contribution in [0.2, 0.25) is 0 Å². The van der Waals surface area contributed by atoms with Crippen molar-refractivity contribution in [2.24, 2.45) is 11.8 Å². The molecule has 20 heavy (non-hydrogen) atoms. The Balaban J connectivity index is 1.62. The van der Waals surface area contributed by atoms with Crippen molar-refractivity contribution in [2.45, 2.75) is 13.5 Å². The van der Waals surface area contributed by atoms with Crippen LogP contribution in [0.3, 0.4) is 0 Å². The molecule has 3 heteroatoms. The van der Waals surface area contributed by atoms with Crippen LogP contribution in [0.15, 0.2) is 42.5 Å². The van der Waals surface area contributed by atoms with Gasteiger partial charge < -0.3 is 10.6 Å². The third-order valence-electron chi connectivity index (χ3n) is 4.21. The van der Waals surface area contributed by atoms with Crippen molar-refractivity contribution in [3.63, 3.8) is 0 Å². The van der Waals surface area contributed by atoms with Crippen LogP contribution in [0.4, 0.5) is 0 Å². The molecule has 3 rings (SSSR count). The highest BCUT2D eigenvalue weighted by Crippen LogP contribution is 2.17. The minimum Gasteiger partial charge on any atom is -0.352 e. The molecule has 0 saturated carbocycles. The molecule has 2 aromatic rings.